The van der Waals surface area contributed by atoms with Gasteiger partial charge in [0.1, 0.15) is 0 Å². The molecule has 1 unspecified atom stereocenters. The average molecular weight is 332 g/mol. The highest BCUT2D eigenvalue weighted by molar-refractivity contribution is 9.09. The van der Waals surface area contributed by atoms with Crippen molar-refractivity contribution in [3.05, 3.63) is 33.8 Å². The normalized spacial score (nSPS) is 13.1. The second kappa shape index (κ2) is 7.55. The van der Waals surface area contributed by atoms with E-state index in [0.29, 0.717) is 4.83 Å². The largest absolute Gasteiger partial charge is 0.0840 e. The first-order chi connectivity index (χ1) is 8.51. The van der Waals surface area contributed by atoms with Gasteiger partial charge >= 0.3 is 0 Å². The van der Waals surface area contributed by atoms with E-state index in [1.807, 2.05) is 0 Å². The Kier molecular flexibility index (Phi) is 6.73. The van der Waals surface area contributed by atoms with Gasteiger partial charge in [0.2, 0.25) is 0 Å². The number of alkyl halides is 1. The fourth-order valence-corrected chi connectivity index (χ4v) is 3.77. The Labute approximate surface area is 125 Å². The topological polar surface area (TPSA) is 0 Å². The van der Waals surface area contributed by atoms with E-state index in [2.05, 4.69) is 55.8 Å². The summed E-state index contributed by atoms with van der Waals surface area (Å²) in [5, 5.41) is 0.874. The smallest absolute Gasteiger partial charge is 0.0438 e. The number of aryl methyl sites for hydroxylation is 2. The fraction of sp³-hybridized carbons (Fsp3) is 0.625. The van der Waals surface area contributed by atoms with Crippen molar-refractivity contribution in [2.75, 3.05) is 0 Å². The Bertz CT molecular complexity index is 381. The number of halogens is 2. The summed E-state index contributed by atoms with van der Waals surface area (Å²) < 4.78 is 0. The molecule has 0 aromatic heterocycles. The zero-order valence-electron chi connectivity index (χ0n) is 11.9. The molecule has 0 aliphatic carbocycles. The van der Waals surface area contributed by atoms with Crippen LogP contribution in [0.5, 0.6) is 0 Å². The quantitative estimate of drug-likeness (QED) is 0.514. The lowest BCUT2D eigenvalue weighted by atomic mass is 9.88. The monoisotopic (exact) mass is 330 g/mol. The molecular weight excluding hydrogens is 308 g/mol. The molecule has 0 nitrogen and oxygen atoms in total. The van der Waals surface area contributed by atoms with Gasteiger partial charge in [0, 0.05) is 9.85 Å². The van der Waals surface area contributed by atoms with Crippen LogP contribution in [0.15, 0.2) is 12.1 Å². The van der Waals surface area contributed by atoms with Gasteiger partial charge in [-0.1, -0.05) is 60.3 Å². The highest BCUT2D eigenvalue weighted by Gasteiger charge is 2.21. The van der Waals surface area contributed by atoms with Gasteiger partial charge < -0.3 is 0 Å². The SMILES string of the molecule is CCCC(CCC)C(Br)c1cc(C)c(Cl)cc1C. The van der Waals surface area contributed by atoms with Crippen molar-refractivity contribution >= 4 is 27.5 Å². The summed E-state index contributed by atoms with van der Waals surface area (Å²) in [4.78, 5) is 0.452. The van der Waals surface area contributed by atoms with Gasteiger partial charge in [0.15, 0.2) is 0 Å². The second-order valence-corrected chi connectivity index (χ2v) is 6.59. The highest BCUT2D eigenvalue weighted by atomic mass is 79.9. The second-order valence-electron chi connectivity index (χ2n) is 5.20. The average Bonchev–Trinajstić information content (AvgIpc) is 2.33. The van der Waals surface area contributed by atoms with E-state index in [1.54, 1.807) is 0 Å². The molecule has 0 fully saturated rings. The molecule has 1 rings (SSSR count). The van der Waals surface area contributed by atoms with E-state index in [4.69, 9.17) is 11.6 Å². The van der Waals surface area contributed by atoms with Crippen molar-refractivity contribution < 1.29 is 0 Å². The van der Waals surface area contributed by atoms with Crippen LogP contribution in [0.4, 0.5) is 0 Å². The summed E-state index contributed by atoms with van der Waals surface area (Å²) in [7, 11) is 0. The first-order valence-electron chi connectivity index (χ1n) is 6.91. The Balaban J connectivity index is 3.00. The van der Waals surface area contributed by atoms with Crippen LogP contribution in [-0.2, 0) is 0 Å². The lowest BCUT2D eigenvalue weighted by Gasteiger charge is -2.24. The van der Waals surface area contributed by atoms with Gasteiger partial charge in [-0.15, -0.1) is 0 Å². The van der Waals surface area contributed by atoms with Crippen LogP contribution in [0, 0.1) is 19.8 Å². The Morgan fingerprint density at radius 1 is 1.06 bits per heavy atom. The molecule has 0 aliphatic heterocycles. The third kappa shape index (κ3) is 3.99. The molecule has 2 heteroatoms. The molecule has 0 N–H and O–H groups in total. The van der Waals surface area contributed by atoms with Crippen molar-refractivity contribution in [3.63, 3.8) is 0 Å². The van der Waals surface area contributed by atoms with Crippen molar-refractivity contribution in [1.29, 1.82) is 0 Å². The van der Waals surface area contributed by atoms with E-state index in [-0.39, 0.29) is 0 Å². The van der Waals surface area contributed by atoms with E-state index in [0.717, 1.165) is 10.9 Å². The van der Waals surface area contributed by atoms with Crippen molar-refractivity contribution in [3.8, 4) is 0 Å². The van der Waals surface area contributed by atoms with Crippen LogP contribution < -0.4 is 0 Å². The zero-order chi connectivity index (χ0) is 13.7. The van der Waals surface area contributed by atoms with Crippen molar-refractivity contribution in [2.24, 2.45) is 5.92 Å². The first kappa shape index (κ1) is 16.0. The van der Waals surface area contributed by atoms with Crippen LogP contribution in [-0.4, -0.2) is 0 Å². The van der Waals surface area contributed by atoms with Crippen molar-refractivity contribution in [1.82, 2.24) is 0 Å². The molecule has 0 aliphatic rings. The van der Waals surface area contributed by atoms with Crippen LogP contribution in [0.2, 0.25) is 5.02 Å². The Hall–Kier alpha value is -0.0100. The highest BCUT2D eigenvalue weighted by Crippen LogP contribution is 2.39. The van der Waals surface area contributed by atoms with Crippen molar-refractivity contribution in [2.45, 2.75) is 58.2 Å². The third-order valence-electron chi connectivity index (χ3n) is 3.58. The summed E-state index contributed by atoms with van der Waals surface area (Å²) in [6.45, 7) is 8.77. The summed E-state index contributed by atoms with van der Waals surface area (Å²) in [5.74, 6) is 0.722. The minimum Gasteiger partial charge on any atom is -0.0840 e. The molecule has 0 heterocycles. The minimum atomic E-state index is 0.452. The summed E-state index contributed by atoms with van der Waals surface area (Å²) >= 11 is 10.1. The van der Waals surface area contributed by atoms with Gasteiger partial charge in [-0.05, 0) is 55.4 Å². The first-order valence-corrected chi connectivity index (χ1v) is 8.21. The molecule has 1 aromatic rings. The van der Waals surface area contributed by atoms with Crippen LogP contribution in [0.25, 0.3) is 0 Å². The number of hydrogen-bond acceptors (Lipinski definition) is 0. The van der Waals surface area contributed by atoms with Gasteiger partial charge in [-0.25, -0.2) is 0 Å². The maximum atomic E-state index is 6.18. The maximum absolute atomic E-state index is 6.18. The predicted octanol–water partition coefficient (Wildman–Crippen LogP) is 6.61. The molecule has 0 amide bonds. The van der Waals surface area contributed by atoms with Gasteiger partial charge in [-0.2, -0.15) is 0 Å². The van der Waals surface area contributed by atoms with Gasteiger partial charge in [0.05, 0.1) is 0 Å². The molecule has 1 aromatic carbocycles. The Morgan fingerprint density at radius 3 is 2.11 bits per heavy atom. The lowest BCUT2D eigenvalue weighted by Crippen LogP contribution is -2.09. The fourth-order valence-electron chi connectivity index (χ4n) is 2.53. The standard InChI is InChI=1S/C16H24BrCl/c1-5-7-13(8-6-2)16(17)14-9-12(4)15(18)10-11(14)3/h9-10,13,16H,5-8H2,1-4H3. The van der Waals surface area contributed by atoms with Crippen LogP contribution >= 0.6 is 27.5 Å². The van der Waals surface area contributed by atoms with Crippen LogP contribution in [0.3, 0.4) is 0 Å². The molecule has 102 valence electrons. The Morgan fingerprint density at radius 2 is 1.61 bits per heavy atom. The van der Waals surface area contributed by atoms with Gasteiger partial charge in [0.25, 0.3) is 0 Å². The summed E-state index contributed by atoms with van der Waals surface area (Å²) in [6.07, 6.45) is 5.06. The third-order valence-corrected chi connectivity index (χ3v) is 5.23. The molecule has 0 saturated heterocycles. The van der Waals surface area contributed by atoms with E-state index in [1.165, 1.54) is 42.4 Å². The summed E-state index contributed by atoms with van der Waals surface area (Å²) in [5.41, 5.74) is 3.88. The molecule has 18 heavy (non-hydrogen) atoms. The lowest BCUT2D eigenvalue weighted by molar-refractivity contribution is 0.434. The van der Waals surface area contributed by atoms with E-state index < -0.39 is 0 Å². The minimum absolute atomic E-state index is 0.452. The predicted molar refractivity (Wildman–Crippen MR) is 85.9 cm³/mol. The van der Waals surface area contributed by atoms with E-state index in [9.17, 15) is 0 Å². The molecular formula is C16H24BrCl. The van der Waals surface area contributed by atoms with E-state index >= 15 is 0 Å². The number of benzene rings is 1. The van der Waals surface area contributed by atoms with Crippen LogP contribution in [0.1, 0.15) is 61.0 Å². The molecule has 1 atom stereocenters. The van der Waals surface area contributed by atoms with Gasteiger partial charge in [-0.3, -0.25) is 0 Å². The molecule has 0 spiro atoms. The number of hydrogen-bond donors (Lipinski definition) is 0. The number of rotatable bonds is 6. The zero-order valence-corrected chi connectivity index (χ0v) is 14.2. The molecule has 0 bridgehead atoms. The maximum Gasteiger partial charge on any atom is 0.0438 e. The molecule has 0 radical (unpaired) electrons. The molecule has 0 saturated carbocycles. The summed E-state index contributed by atoms with van der Waals surface area (Å²) in [6, 6.07) is 4.34.